The Balaban J connectivity index is 1.74. The molecule has 1 aromatic rings. The summed E-state index contributed by atoms with van der Waals surface area (Å²) >= 11 is 0. The molecule has 2 heterocycles. The van der Waals surface area contributed by atoms with Crippen molar-refractivity contribution in [2.24, 2.45) is 0 Å². The van der Waals surface area contributed by atoms with Crippen molar-refractivity contribution < 1.29 is 10.2 Å². The SMILES string of the molecule is CN1C=C2C(C3=CCCC(n4cc(O)c(=O)cc4CO)=C3)=CC=CC2N1C. The Labute approximate surface area is 157 Å². The molecule has 6 heteroatoms. The highest BCUT2D eigenvalue weighted by atomic mass is 16.3. The number of allylic oxidation sites excluding steroid dienone is 6. The molecule has 0 amide bonds. The smallest absolute Gasteiger partial charge is 0.223 e. The number of aliphatic hydroxyl groups is 1. The van der Waals surface area contributed by atoms with E-state index in [2.05, 4.69) is 53.6 Å². The molecule has 0 radical (unpaired) electrons. The summed E-state index contributed by atoms with van der Waals surface area (Å²) in [5.74, 6) is -0.314. The first-order chi connectivity index (χ1) is 13.0. The molecule has 1 aromatic heterocycles. The Kier molecular flexibility index (Phi) is 4.37. The highest BCUT2D eigenvalue weighted by molar-refractivity contribution is 5.66. The fourth-order valence-corrected chi connectivity index (χ4v) is 3.86. The van der Waals surface area contributed by atoms with Gasteiger partial charge in [0.25, 0.3) is 0 Å². The van der Waals surface area contributed by atoms with Crippen molar-refractivity contribution in [2.45, 2.75) is 25.5 Å². The summed E-state index contributed by atoms with van der Waals surface area (Å²) in [6.45, 7) is -0.264. The van der Waals surface area contributed by atoms with Crippen LogP contribution in [-0.4, -0.2) is 44.9 Å². The molecule has 0 fully saturated rings. The summed E-state index contributed by atoms with van der Waals surface area (Å²) in [5, 5.41) is 23.7. The predicted octanol–water partition coefficient (Wildman–Crippen LogP) is 2.15. The third-order valence-electron chi connectivity index (χ3n) is 5.39. The maximum Gasteiger partial charge on any atom is 0.223 e. The van der Waals surface area contributed by atoms with Crippen LogP contribution in [0, 0.1) is 0 Å². The van der Waals surface area contributed by atoms with Crippen molar-refractivity contribution in [3.63, 3.8) is 0 Å². The number of hydrazine groups is 1. The molecule has 1 unspecified atom stereocenters. The van der Waals surface area contributed by atoms with Gasteiger partial charge in [-0.1, -0.05) is 24.3 Å². The number of fused-ring (bicyclic) bond motifs is 1. The molecule has 4 rings (SSSR count). The fourth-order valence-electron chi connectivity index (χ4n) is 3.86. The molecule has 0 spiro atoms. The summed E-state index contributed by atoms with van der Waals surface area (Å²) in [6.07, 6.45) is 15.8. The van der Waals surface area contributed by atoms with Gasteiger partial charge < -0.3 is 19.8 Å². The number of hydrogen-bond donors (Lipinski definition) is 2. The minimum atomic E-state index is -0.479. The van der Waals surface area contributed by atoms with E-state index in [9.17, 15) is 15.0 Å². The van der Waals surface area contributed by atoms with E-state index in [0.29, 0.717) is 5.69 Å². The number of pyridine rings is 1. The van der Waals surface area contributed by atoms with Crippen molar-refractivity contribution in [2.75, 3.05) is 14.1 Å². The van der Waals surface area contributed by atoms with Crippen molar-refractivity contribution in [3.05, 3.63) is 81.5 Å². The summed E-state index contributed by atoms with van der Waals surface area (Å²) in [6, 6.07) is 1.51. The van der Waals surface area contributed by atoms with Crippen LogP contribution in [0.3, 0.4) is 0 Å². The van der Waals surface area contributed by atoms with Gasteiger partial charge in [-0.15, -0.1) is 0 Å². The van der Waals surface area contributed by atoms with E-state index in [0.717, 1.165) is 24.1 Å². The molecule has 27 heavy (non-hydrogen) atoms. The van der Waals surface area contributed by atoms with Crippen LogP contribution in [0.2, 0.25) is 0 Å². The molecule has 6 nitrogen and oxygen atoms in total. The average Bonchev–Trinajstić information content (AvgIpc) is 2.98. The second kappa shape index (κ2) is 6.72. The van der Waals surface area contributed by atoms with E-state index < -0.39 is 5.43 Å². The number of hydrogen-bond acceptors (Lipinski definition) is 5. The number of nitrogens with zero attached hydrogens (tertiary/aromatic N) is 3. The van der Waals surface area contributed by atoms with Crippen LogP contribution in [-0.2, 0) is 6.61 Å². The number of rotatable bonds is 3. The quantitative estimate of drug-likeness (QED) is 0.859. The first-order valence-corrected chi connectivity index (χ1v) is 9.02. The first kappa shape index (κ1) is 17.6. The average molecular weight is 365 g/mol. The van der Waals surface area contributed by atoms with Gasteiger partial charge in [0, 0.05) is 37.6 Å². The van der Waals surface area contributed by atoms with Gasteiger partial charge >= 0.3 is 0 Å². The molecule has 0 saturated carbocycles. The monoisotopic (exact) mass is 365 g/mol. The number of aliphatic hydroxyl groups excluding tert-OH is 1. The van der Waals surface area contributed by atoms with E-state index in [1.54, 1.807) is 4.57 Å². The highest BCUT2D eigenvalue weighted by Gasteiger charge is 2.31. The molecular formula is C21H23N3O3. The largest absolute Gasteiger partial charge is 0.503 e. The normalized spacial score (nSPS) is 22.2. The lowest BCUT2D eigenvalue weighted by Crippen LogP contribution is -2.35. The molecule has 3 aliphatic rings. The van der Waals surface area contributed by atoms with Gasteiger partial charge in [-0.3, -0.25) is 4.79 Å². The zero-order chi connectivity index (χ0) is 19.1. The van der Waals surface area contributed by atoms with E-state index in [4.69, 9.17) is 0 Å². The molecule has 2 N–H and O–H groups in total. The molecule has 0 saturated heterocycles. The molecule has 1 atom stereocenters. The second-order valence-corrected chi connectivity index (χ2v) is 7.02. The lowest BCUT2D eigenvalue weighted by Gasteiger charge is -2.28. The Bertz CT molecular complexity index is 994. The summed E-state index contributed by atoms with van der Waals surface area (Å²) in [4.78, 5) is 11.7. The van der Waals surface area contributed by atoms with Crippen molar-refractivity contribution in [1.29, 1.82) is 0 Å². The molecule has 0 aromatic carbocycles. The summed E-state index contributed by atoms with van der Waals surface area (Å²) < 4.78 is 1.72. The van der Waals surface area contributed by atoms with Crippen molar-refractivity contribution in [1.82, 2.24) is 14.6 Å². The molecule has 140 valence electrons. The van der Waals surface area contributed by atoms with Crippen LogP contribution in [0.5, 0.6) is 5.75 Å². The second-order valence-electron chi connectivity index (χ2n) is 7.02. The van der Waals surface area contributed by atoms with Crippen LogP contribution in [0.4, 0.5) is 0 Å². The lowest BCUT2D eigenvalue weighted by molar-refractivity contribution is 0.0898. The predicted molar refractivity (Wildman–Crippen MR) is 104 cm³/mol. The Morgan fingerprint density at radius 3 is 2.89 bits per heavy atom. The molecular weight excluding hydrogens is 342 g/mol. The zero-order valence-corrected chi connectivity index (χ0v) is 15.5. The highest BCUT2D eigenvalue weighted by Crippen LogP contribution is 2.37. The lowest BCUT2D eigenvalue weighted by atomic mass is 9.87. The van der Waals surface area contributed by atoms with Gasteiger partial charge in [-0.25, -0.2) is 5.01 Å². The maximum absolute atomic E-state index is 11.7. The minimum absolute atomic E-state index is 0.221. The molecule has 2 aliphatic carbocycles. The number of aromatic nitrogens is 1. The maximum atomic E-state index is 11.7. The van der Waals surface area contributed by atoms with Crippen LogP contribution in [0.1, 0.15) is 18.5 Å². The van der Waals surface area contributed by atoms with Crippen LogP contribution >= 0.6 is 0 Å². The summed E-state index contributed by atoms with van der Waals surface area (Å²) in [7, 11) is 4.10. The Morgan fingerprint density at radius 2 is 2.11 bits per heavy atom. The van der Waals surface area contributed by atoms with Gasteiger partial charge in [-0.2, -0.15) is 0 Å². The van der Waals surface area contributed by atoms with Crippen molar-refractivity contribution >= 4 is 5.70 Å². The third-order valence-corrected chi connectivity index (χ3v) is 5.39. The third kappa shape index (κ3) is 2.97. The Morgan fingerprint density at radius 1 is 1.30 bits per heavy atom. The van der Waals surface area contributed by atoms with Gasteiger partial charge in [0.05, 0.1) is 24.5 Å². The minimum Gasteiger partial charge on any atom is -0.503 e. The van der Waals surface area contributed by atoms with Crippen LogP contribution in [0.15, 0.2) is 70.4 Å². The number of likely N-dealkylation sites (N-methyl/N-ethyl adjacent to an activating group) is 1. The summed E-state index contributed by atoms with van der Waals surface area (Å²) in [5.41, 5.74) is 4.47. The standard InChI is InChI=1S/C21H23N3O3/c1-22-11-18-17(7-4-8-19(18)23(22)2)14-5-3-6-15(9-14)24-12-21(27)20(26)10-16(24)13-25/h4-5,7-12,19,25,27H,3,6,13H2,1-2H3. The molecule has 1 aliphatic heterocycles. The van der Waals surface area contributed by atoms with Crippen LogP contribution in [0.25, 0.3) is 5.70 Å². The first-order valence-electron chi connectivity index (χ1n) is 9.02. The molecule has 0 bridgehead atoms. The zero-order valence-electron chi connectivity index (χ0n) is 15.5. The van der Waals surface area contributed by atoms with Gasteiger partial charge in [0.15, 0.2) is 5.75 Å². The fraction of sp³-hybridized carbons (Fsp3) is 0.286. The van der Waals surface area contributed by atoms with E-state index in [-0.39, 0.29) is 18.4 Å². The Hall–Kier alpha value is -2.83. The number of aromatic hydroxyl groups is 1. The van der Waals surface area contributed by atoms with Crippen LogP contribution < -0.4 is 5.43 Å². The van der Waals surface area contributed by atoms with E-state index in [1.165, 1.54) is 23.4 Å². The van der Waals surface area contributed by atoms with E-state index >= 15 is 0 Å². The van der Waals surface area contributed by atoms with Gasteiger partial charge in [0.1, 0.15) is 0 Å². The van der Waals surface area contributed by atoms with Gasteiger partial charge in [-0.05, 0) is 30.1 Å². The van der Waals surface area contributed by atoms with Crippen molar-refractivity contribution in [3.8, 4) is 5.75 Å². The van der Waals surface area contributed by atoms with E-state index in [1.807, 2.05) is 7.05 Å². The van der Waals surface area contributed by atoms with Gasteiger partial charge in [0.2, 0.25) is 5.43 Å². The topological polar surface area (TPSA) is 68.9 Å².